The van der Waals surface area contributed by atoms with Crippen molar-refractivity contribution in [1.29, 1.82) is 5.26 Å². The summed E-state index contributed by atoms with van der Waals surface area (Å²) in [6, 6.07) is 12.2. The Balaban J connectivity index is 2.45. The zero-order valence-electron chi connectivity index (χ0n) is 11.1. The third-order valence-corrected chi connectivity index (χ3v) is 3.07. The highest BCUT2D eigenvalue weighted by molar-refractivity contribution is 5.27. The molecule has 94 valence electrons. The number of benzene rings is 1. The molecule has 1 aliphatic rings. The van der Waals surface area contributed by atoms with E-state index in [0.29, 0.717) is 5.76 Å². The van der Waals surface area contributed by atoms with E-state index in [2.05, 4.69) is 33.4 Å². The lowest BCUT2D eigenvalue weighted by Gasteiger charge is -2.34. The molecule has 3 nitrogen and oxygen atoms in total. The molecule has 0 N–H and O–H groups in total. The molecule has 1 fully saturated rings. The van der Waals surface area contributed by atoms with Crippen molar-refractivity contribution in [3.8, 4) is 6.07 Å². The SMILES string of the molecule is C=C1ON(C(C)(C)C)[C@@H](c2ccccc2)[C@H]1C#N. The van der Waals surface area contributed by atoms with Crippen LogP contribution in [0.2, 0.25) is 0 Å². The summed E-state index contributed by atoms with van der Waals surface area (Å²) in [5.41, 5.74) is 0.896. The molecule has 0 unspecified atom stereocenters. The monoisotopic (exact) mass is 242 g/mol. The molecule has 0 aromatic heterocycles. The highest BCUT2D eigenvalue weighted by atomic mass is 16.7. The van der Waals surface area contributed by atoms with E-state index >= 15 is 0 Å². The molecule has 0 saturated carbocycles. The standard InChI is InChI=1S/C15H18N2O/c1-11-13(10-16)14(12-8-6-5-7-9-12)17(18-11)15(2,3)4/h5-9,13-14H,1H2,2-4H3/t13-,14-/m0/s1. The van der Waals surface area contributed by atoms with Gasteiger partial charge in [-0.3, -0.25) is 0 Å². The Hall–Kier alpha value is -1.79. The van der Waals surface area contributed by atoms with Gasteiger partial charge in [-0.15, -0.1) is 5.06 Å². The Labute approximate surface area is 108 Å². The molecule has 1 heterocycles. The predicted octanol–water partition coefficient (Wildman–Crippen LogP) is 3.43. The Bertz CT molecular complexity index is 481. The van der Waals surface area contributed by atoms with E-state index in [1.165, 1.54) is 0 Å². The van der Waals surface area contributed by atoms with Crippen LogP contribution >= 0.6 is 0 Å². The summed E-state index contributed by atoms with van der Waals surface area (Å²) < 4.78 is 0. The van der Waals surface area contributed by atoms with E-state index in [0.717, 1.165) is 5.56 Å². The van der Waals surface area contributed by atoms with Crippen molar-refractivity contribution in [3.63, 3.8) is 0 Å². The van der Waals surface area contributed by atoms with E-state index in [1.54, 1.807) is 0 Å². The highest BCUT2D eigenvalue weighted by Gasteiger charge is 2.45. The van der Waals surface area contributed by atoms with Crippen LogP contribution in [0.1, 0.15) is 32.4 Å². The first kappa shape index (κ1) is 12.7. The molecule has 1 aliphatic heterocycles. The molecule has 3 heteroatoms. The number of hydrogen-bond acceptors (Lipinski definition) is 3. The Morgan fingerprint density at radius 3 is 2.39 bits per heavy atom. The number of rotatable bonds is 1. The van der Waals surface area contributed by atoms with Gasteiger partial charge < -0.3 is 4.84 Å². The van der Waals surface area contributed by atoms with Crippen molar-refractivity contribution in [3.05, 3.63) is 48.2 Å². The van der Waals surface area contributed by atoms with Crippen molar-refractivity contribution in [1.82, 2.24) is 5.06 Å². The maximum Gasteiger partial charge on any atom is 0.136 e. The van der Waals surface area contributed by atoms with Crippen LogP contribution in [-0.2, 0) is 4.84 Å². The zero-order valence-corrected chi connectivity index (χ0v) is 11.1. The van der Waals surface area contributed by atoms with Crippen LogP contribution in [0.4, 0.5) is 0 Å². The Kier molecular flexibility index (Phi) is 3.14. The van der Waals surface area contributed by atoms with Crippen molar-refractivity contribution < 1.29 is 4.84 Å². The zero-order chi connectivity index (χ0) is 13.3. The van der Waals surface area contributed by atoms with Crippen molar-refractivity contribution in [2.45, 2.75) is 32.4 Å². The third-order valence-electron chi connectivity index (χ3n) is 3.07. The van der Waals surface area contributed by atoms with Gasteiger partial charge in [-0.05, 0) is 26.3 Å². The van der Waals surface area contributed by atoms with E-state index in [-0.39, 0.29) is 17.5 Å². The van der Waals surface area contributed by atoms with Crippen LogP contribution in [0.15, 0.2) is 42.7 Å². The summed E-state index contributed by atoms with van der Waals surface area (Å²) in [4.78, 5) is 5.71. The fraction of sp³-hybridized carbons (Fsp3) is 0.400. The molecule has 0 spiro atoms. The molecule has 0 radical (unpaired) electrons. The fourth-order valence-electron chi connectivity index (χ4n) is 2.23. The minimum absolute atomic E-state index is 0.0938. The van der Waals surface area contributed by atoms with Gasteiger partial charge in [-0.2, -0.15) is 5.26 Å². The molecule has 0 amide bonds. The van der Waals surface area contributed by atoms with Crippen LogP contribution in [0.25, 0.3) is 0 Å². The lowest BCUT2D eigenvalue weighted by Crippen LogP contribution is -2.40. The first-order valence-electron chi connectivity index (χ1n) is 6.06. The molecule has 2 rings (SSSR count). The smallest absolute Gasteiger partial charge is 0.136 e. The van der Waals surface area contributed by atoms with Crippen molar-refractivity contribution >= 4 is 0 Å². The fourth-order valence-corrected chi connectivity index (χ4v) is 2.23. The van der Waals surface area contributed by atoms with Gasteiger partial charge in [-0.25, -0.2) is 0 Å². The first-order chi connectivity index (χ1) is 8.45. The molecule has 18 heavy (non-hydrogen) atoms. The van der Waals surface area contributed by atoms with Crippen LogP contribution in [-0.4, -0.2) is 10.6 Å². The van der Waals surface area contributed by atoms with Gasteiger partial charge in [0, 0.05) is 5.54 Å². The maximum atomic E-state index is 9.33. The number of hydrogen-bond donors (Lipinski definition) is 0. The van der Waals surface area contributed by atoms with Crippen LogP contribution in [0, 0.1) is 17.2 Å². The Morgan fingerprint density at radius 1 is 1.28 bits per heavy atom. The van der Waals surface area contributed by atoms with Gasteiger partial charge in [0.05, 0.1) is 12.1 Å². The molecular formula is C15H18N2O. The second kappa shape index (κ2) is 4.47. The maximum absolute atomic E-state index is 9.33. The van der Waals surface area contributed by atoms with E-state index in [9.17, 15) is 5.26 Å². The molecule has 0 aliphatic carbocycles. The molecule has 1 saturated heterocycles. The van der Waals surface area contributed by atoms with Crippen molar-refractivity contribution in [2.75, 3.05) is 0 Å². The summed E-state index contributed by atoms with van der Waals surface area (Å²) >= 11 is 0. The minimum Gasteiger partial charge on any atom is -0.408 e. The topological polar surface area (TPSA) is 36.3 Å². The summed E-state index contributed by atoms with van der Waals surface area (Å²) in [5.74, 6) is 0.202. The normalized spacial score (nSPS) is 24.7. The van der Waals surface area contributed by atoms with Gasteiger partial charge in [0.15, 0.2) is 0 Å². The lowest BCUT2D eigenvalue weighted by molar-refractivity contribution is -0.169. The summed E-state index contributed by atoms with van der Waals surface area (Å²) in [7, 11) is 0. The highest BCUT2D eigenvalue weighted by Crippen LogP contribution is 2.44. The number of nitriles is 1. The Morgan fingerprint density at radius 2 is 1.89 bits per heavy atom. The van der Waals surface area contributed by atoms with Gasteiger partial charge in [0.2, 0.25) is 0 Å². The summed E-state index contributed by atoms with van der Waals surface area (Å²) in [5, 5.41) is 11.2. The number of hydroxylamine groups is 2. The largest absolute Gasteiger partial charge is 0.408 e. The molecular weight excluding hydrogens is 224 g/mol. The molecule has 1 aromatic rings. The van der Waals surface area contributed by atoms with Gasteiger partial charge in [0.1, 0.15) is 11.7 Å². The van der Waals surface area contributed by atoms with Crippen LogP contribution < -0.4 is 0 Å². The van der Waals surface area contributed by atoms with E-state index in [4.69, 9.17) is 4.84 Å². The van der Waals surface area contributed by atoms with Crippen LogP contribution in [0.5, 0.6) is 0 Å². The van der Waals surface area contributed by atoms with Gasteiger partial charge in [-0.1, -0.05) is 36.9 Å². The molecule has 0 bridgehead atoms. The van der Waals surface area contributed by atoms with Crippen LogP contribution in [0.3, 0.4) is 0 Å². The summed E-state index contributed by atoms with van der Waals surface area (Å²) in [6.45, 7) is 10.1. The predicted molar refractivity (Wildman–Crippen MR) is 70.1 cm³/mol. The molecule has 1 aromatic carbocycles. The lowest BCUT2D eigenvalue weighted by atomic mass is 9.91. The minimum atomic E-state index is -0.327. The van der Waals surface area contributed by atoms with Gasteiger partial charge >= 0.3 is 0 Å². The van der Waals surface area contributed by atoms with Crippen molar-refractivity contribution in [2.24, 2.45) is 5.92 Å². The van der Waals surface area contributed by atoms with E-state index < -0.39 is 0 Å². The quantitative estimate of drug-likeness (QED) is 0.757. The molecule has 2 atom stereocenters. The average molecular weight is 242 g/mol. The second-order valence-electron chi connectivity index (χ2n) is 5.52. The van der Waals surface area contributed by atoms with E-state index in [1.807, 2.05) is 35.4 Å². The summed E-state index contributed by atoms with van der Waals surface area (Å²) in [6.07, 6.45) is 0. The first-order valence-corrected chi connectivity index (χ1v) is 6.06. The van der Waals surface area contributed by atoms with Gasteiger partial charge in [0.25, 0.3) is 0 Å². The average Bonchev–Trinajstić information content (AvgIpc) is 2.67. The number of nitrogens with zero attached hydrogens (tertiary/aromatic N) is 2. The third kappa shape index (κ3) is 2.12. The second-order valence-corrected chi connectivity index (χ2v) is 5.52.